The molecular weight excluding hydrogens is 397 g/mol. The number of nitrogens with zero attached hydrogens (tertiary/aromatic N) is 1. The van der Waals surface area contributed by atoms with Crippen molar-refractivity contribution in [2.45, 2.75) is 38.4 Å². The van der Waals surface area contributed by atoms with Gasteiger partial charge in [0.25, 0.3) is 5.91 Å². The van der Waals surface area contributed by atoms with Crippen LogP contribution in [-0.4, -0.2) is 34.6 Å². The SMILES string of the molecule is O=C(Cc1ccc(F)cc1)NCc1scc2c1CN(C1CCC(=O)NC1=O)C2=O. The molecule has 4 rings (SSSR count). The van der Waals surface area contributed by atoms with E-state index in [0.29, 0.717) is 17.5 Å². The number of imide groups is 1. The summed E-state index contributed by atoms with van der Waals surface area (Å²) in [5, 5.41) is 6.84. The molecule has 0 aliphatic carbocycles. The molecule has 1 aromatic heterocycles. The van der Waals surface area contributed by atoms with Gasteiger partial charge in [-0.15, -0.1) is 11.3 Å². The normalized spacial score (nSPS) is 18.6. The molecule has 0 bridgehead atoms. The van der Waals surface area contributed by atoms with E-state index in [4.69, 9.17) is 0 Å². The summed E-state index contributed by atoms with van der Waals surface area (Å²) >= 11 is 1.39. The van der Waals surface area contributed by atoms with Crippen molar-refractivity contribution in [2.75, 3.05) is 0 Å². The Morgan fingerprint density at radius 1 is 1.24 bits per heavy atom. The summed E-state index contributed by atoms with van der Waals surface area (Å²) in [5.41, 5.74) is 2.06. The van der Waals surface area contributed by atoms with Gasteiger partial charge in [-0.25, -0.2) is 4.39 Å². The van der Waals surface area contributed by atoms with Crippen molar-refractivity contribution in [1.29, 1.82) is 0 Å². The largest absolute Gasteiger partial charge is 0.351 e. The Hall–Kier alpha value is -3.07. The Labute approximate surface area is 169 Å². The van der Waals surface area contributed by atoms with Crippen LogP contribution >= 0.6 is 11.3 Å². The van der Waals surface area contributed by atoms with Gasteiger partial charge in [-0.1, -0.05) is 12.1 Å². The Morgan fingerprint density at radius 2 is 2.00 bits per heavy atom. The Bertz CT molecular complexity index is 1000. The molecule has 0 saturated carbocycles. The lowest BCUT2D eigenvalue weighted by atomic mass is 10.0. The lowest BCUT2D eigenvalue weighted by Gasteiger charge is -2.29. The van der Waals surface area contributed by atoms with E-state index in [1.165, 1.54) is 28.4 Å². The summed E-state index contributed by atoms with van der Waals surface area (Å²) in [7, 11) is 0. The lowest BCUT2D eigenvalue weighted by molar-refractivity contribution is -0.137. The zero-order valence-corrected chi connectivity index (χ0v) is 16.2. The fraction of sp³-hybridized carbons (Fsp3) is 0.300. The molecule has 2 aliphatic heterocycles. The maximum absolute atomic E-state index is 13.0. The first-order valence-electron chi connectivity index (χ1n) is 9.17. The van der Waals surface area contributed by atoms with Crippen LogP contribution in [0.15, 0.2) is 29.6 Å². The number of carbonyl (C=O) groups excluding carboxylic acids is 4. The van der Waals surface area contributed by atoms with E-state index in [1.807, 2.05) is 0 Å². The Kier molecular flexibility index (Phi) is 5.14. The average Bonchev–Trinajstić information content (AvgIpc) is 3.22. The van der Waals surface area contributed by atoms with E-state index in [-0.39, 0.29) is 49.5 Å². The molecule has 7 nitrogen and oxygen atoms in total. The summed E-state index contributed by atoms with van der Waals surface area (Å²) in [4.78, 5) is 50.7. The number of hydrogen-bond acceptors (Lipinski definition) is 5. The van der Waals surface area contributed by atoms with Gasteiger partial charge in [-0.05, 0) is 29.7 Å². The van der Waals surface area contributed by atoms with E-state index in [9.17, 15) is 23.6 Å². The van der Waals surface area contributed by atoms with Gasteiger partial charge in [0.1, 0.15) is 11.9 Å². The van der Waals surface area contributed by atoms with Gasteiger partial charge in [-0.2, -0.15) is 0 Å². The fourth-order valence-electron chi connectivity index (χ4n) is 3.58. The highest BCUT2D eigenvalue weighted by molar-refractivity contribution is 7.10. The molecule has 1 unspecified atom stereocenters. The molecule has 29 heavy (non-hydrogen) atoms. The number of rotatable bonds is 5. The highest BCUT2D eigenvalue weighted by Gasteiger charge is 2.40. The molecule has 1 fully saturated rings. The number of thiophene rings is 1. The topological polar surface area (TPSA) is 95.6 Å². The quantitative estimate of drug-likeness (QED) is 0.724. The van der Waals surface area contributed by atoms with E-state index in [2.05, 4.69) is 10.6 Å². The molecule has 4 amide bonds. The maximum atomic E-state index is 13.0. The van der Waals surface area contributed by atoms with Crippen LogP contribution in [0.25, 0.3) is 0 Å². The van der Waals surface area contributed by atoms with Crippen molar-refractivity contribution >= 4 is 35.0 Å². The number of hydrogen-bond donors (Lipinski definition) is 2. The van der Waals surface area contributed by atoms with Crippen LogP contribution in [0.3, 0.4) is 0 Å². The van der Waals surface area contributed by atoms with Crippen LogP contribution in [0.1, 0.15) is 39.2 Å². The number of fused-ring (bicyclic) bond motifs is 1. The van der Waals surface area contributed by atoms with Gasteiger partial charge in [0.2, 0.25) is 17.7 Å². The molecule has 3 heterocycles. The minimum Gasteiger partial charge on any atom is -0.351 e. The summed E-state index contributed by atoms with van der Waals surface area (Å²) in [6, 6.07) is 5.09. The van der Waals surface area contributed by atoms with E-state index in [0.717, 1.165) is 10.4 Å². The molecule has 2 aliphatic rings. The average molecular weight is 415 g/mol. The van der Waals surface area contributed by atoms with Crippen LogP contribution in [0.2, 0.25) is 0 Å². The molecule has 1 atom stereocenters. The molecule has 9 heteroatoms. The van der Waals surface area contributed by atoms with Gasteiger partial charge in [0.05, 0.1) is 18.5 Å². The maximum Gasteiger partial charge on any atom is 0.256 e. The minimum absolute atomic E-state index is 0.134. The molecule has 150 valence electrons. The first kappa shape index (κ1) is 19.3. The van der Waals surface area contributed by atoms with Crippen LogP contribution < -0.4 is 10.6 Å². The van der Waals surface area contributed by atoms with Crippen LogP contribution in [0.5, 0.6) is 0 Å². The van der Waals surface area contributed by atoms with Crippen LogP contribution in [0.4, 0.5) is 4.39 Å². The van der Waals surface area contributed by atoms with Crippen LogP contribution in [0, 0.1) is 5.82 Å². The summed E-state index contributed by atoms with van der Waals surface area (Å²) in [6.45, 7) is 0.559. The van der Waals surface area contributed by atoms with Crippen molar-refractivity contribution in [3.8, 4) is 0 Å². The van der Waals surface area contributed by atoms with Crippen molar-refractivity contribution in [2.24, 2.45) is 0 Å². The number of halogens is 1. The van der Waals surface area contributed by atoms with Gasteiger partial charge >= 0.3 is 0 Å². The molecular formula is C20H18FN3O4S. The molecule has 2 N–H and O–H groups in total. The third-order valence-corrected chi connectivity index (χ3v) is 6.14. The second kappa shape index (κ2) is 7.75. The standard InChI is InChI=1S/C20H18FN3O4S/c21-12-3-1-11(2-4-12)7-18(26)22-8-16-13-9-24(20(28)14(13)10-29-16)15-5-6-17(25)23-19(15)27/h1-4,10,15H,5-9H2,(H,22,26)(H,23,25,27). The number of nitrogens with one attached hydrogen (secondary N) is 2. The smallest absolute Gasteiger partial charge is 0.256 e. The van der Waals surface area contributed by atoms with Gasteiger partial charge in [-0.3, -0.25) is 24.5 Å². The van der Waals surface area contributed by atoms with E-state index >= 15 is 0 Å². The first-order valence-corrected chi connectivity index (χ1v) is 10.1. The van der Waals surface area contributed by atoms with E-state index < -0.39 is 11.9 Å². The molecule has 0 radical (unpaired) electrons. The predicted octanol–water partition coefficient (Wildman–Crippen LogP) is 1.51. The number of benzene rings is 1. The second-order valence-electron chi connectivity index (χ2n) is 7.03. The third-order valence-electron chi connectivity index (χ3n) is 5.11. The highest BCUT2D eigenvalue weighted by Crippen LogP contribution is 2.33. The van der Waals surface area contributed by atoms with E-state index in [1.54, 1.807) is 17.5 Å². The molecule has 1 aromatic carbocycles. The van der Waals surface area contributed by atoms with Gasteiger partial charge in [0.15, 0.2) is 0 Å². The molecule has 2 aromatic rings. The Morgan fingerprint density at radius 3 is 2.72 bits per heavy atom. The molecule has 0 spiro atoms. The minimum atomic E-state index is -0.654. The van der Waals surface area contributed by atoms with Crippen molar-refractivity contribution < 1.29 is 23.6 Å². The number of carbonyl (C=O) groups is 4. The first-order chi connectivity index (χ1) is 13.9. The highest BCUT2D eigenvalue weighted by atomic mass is 32.1. The van der Waals surface area contributed by atoms with Crippen molar-refractivity contribution in [1.82, 2.24) is 15.5 Å². The fourth-order valence-corrected chi connectivity index (χ4v) is 4.56. The number of piperidine rings is 1. The Balaban J connectivity index is 1.39. The lowest BCUT2D eigenvalue weighted by Crippen LogP contribution is -2.52. The van der Waals surface area contributed by atoms with Crippen molar-refractivity contribution in [3.05, 3.63) is 57.0 Å². The van der Waals surface area contributed by atoms with Gasteiger partial charge in [0, 0.05) is 23.2 Å². The summed E-state index contributed by atoms with van der Waals surface area (Å²) in [5.74, 6) is -1.55. The summed E-state index contributed by atoms with van der Waals surface area (Å²) in [6.07, 6.45) is 0.655. The molecule has 1 saturated heterocycles. The monoisotopic (exact) mass is 415 g/mol. The third kappa shape index (κ3) is 3.91. The number of amides is 4. The van der Waals surface area contributed by atoms with Gasteiger partial charge < -0.3 is 10.2 Å². The van der Waals surface area contributed by atoms with Crippen LogP contribution in [-0.2, 0) is 33.9 Å². The van der Waals surface area contributed by atoms with Crippen molar-refractivity contribution in [3.63, 3.8) is 0 Å². The zero-order valence-electron chi connectivity index (χ0n) is 15.4. The zero-order chi connectivity index (χ0) is 20.5. The second-order valence-corrected chi connectivity index (χ2v) is 8.00. The predicted molar refractivity (Wildman–Crippen MR) is 102 cm³/mol. The summed E-state index contributed by atoms with van der Waals surface area (Å²) < 4.78 is 13.0.